The first-order chi connectivity index (χ1) is 13.4. The number of carbonyl (C=O) groups is 1. The number of rotatable bonds is 7. The van der Waals surface area contributed by atoms with E-state index in [1.54, 1.807) is 10.6 Å². The van der Waals surface area contributed by atoms with Gasteiger partial charge >= 0.3 is 0 Å². The lowest BCUT2D eigenvalue weighted by Gasteiger charge is -2.25. The lowest BCUT2D eigenvalue weighted by molar-refractivity contribution is 0.0906. The molecule has 0 unspecified atom stereocenters. The van der Waals surface area contributed by atoms with Crippen molar-refractivity contribution >= 4 is 16.8 Å². The van der Waals surface area contributed by atoms with Gasteiger partial charge in [-0.25, -0.2) is 0 Å². The Kier molecular flexibility index (Phi) is 6.23. The lowest BCUT2D eigenvalue weighted by Crippen LogP contribution is -2.45. The van der Waals surface area contributed by atoms with E-state index in [2.05, 4.69) is 25.2 Å². The second-order valence-electron chi connectivity index (χ2n) is 8.15. The SMILES string of the molecule is CCc1ccc2cc(C(=O)NC3(C)CCCC3)c(=O)n(CC)c2c1CCCO. The molecule has 1 saturated carbocycles. The number of aryl methyl sites for hydroxylation is 3. The maximum absolute atomic E-state index is 13.2. The minimum absolute atomic E-state index is 0.120. The van der Waals surface area contributed by atoms with Crippen molar-refractivity contribution in [3.8, 4) is 0 Å². The molecule has 1 aromatic carbocycles. The number of nitrogens with zero attached hydrogens (tertiary/aromatic N) is 1. The summed E-state index contributed by atoms with van der Waals surface area (Å²) in [6, 6.07) is 5.84. The Morgan fingerprint density at radius 1 is 1.25 bits per heavy atom. The molecule has 5 nitrogen and oxygen atoms in total. The number of nitrogens with one attached hydrogen (secondary N) is 1. The fraction of sp³-hybridized carbons (Fsp3) is 0.565. The van der Waals surface area contributed by atoms with E-state index in [0.717, 1.165) is 55.0 Å². The van der Waals surface area contributed by atoms with E-state index in [1.165, 1.54) is 5.56 Å². The van der Waals surface area contributed by atoms with Gasteiger partial charge in [-0.15, -0.1) is 0 Å². The number of aromatic nitrogens is 1. The van der Waals surface area contributed by atoms with Crippen LogP contribution < -0.4 is 10.9 Å². The normalized spacial score (nSPS) is 15.9. The molecule has 1 aromatic heterocycles. The van der Waals surface area contributed by atoms with Crippen LogP contribution in [-0.2, 0) is 19.4 Å². The minimum atomic E-state index is -0.269. The second-order valence-corrected chi connectivity index (χ2v) is 8.15. The van der Waals surface area contributed by atoms with Crippen molar-refractivity contribution in [2.24, 2.45) is 0 Å². The molecule has 0 aliphatic heterocycles. The molecule has 3 rings (SSSR count). The summed E-state index contributed by atoms with van der Waals surface area (Å²) in [6.07, 6.45) is 6.39. The molecule has 0 bridgehead atoms. The summed E-state index contributed by atoms with van der Waals surface area (Å²) >= 11 is 0. The lowest BCUT2D eigenvalue weighted by atomic mass is 9.95. The first kappa shape index (κ1) is 20.6. The van der Waals surface area contributed by atoms with Crippen molar-refractivity contribution < 1.29 is 9.90 Å². The molecule has 5 heteroatoms. The molecule has 2 aromatic rings. The number of carbonyl (C=O) groups excluding carboxylic acids is 1. The summed E-state index contributed by atoms with van der Waals surface area (Å²) in [5.41, 5.74) is 2.99. The van der Waals surface area contributed by atoms with Gasteiger partial charge in [0.1, 0.15) is 5.56 Å². The van der Waals surface area contributed by atoms with Gasteiger partial charge in [0.25, 0.3) is 11.5 Å². The van der Waals surface area contributed by atoms with Crippen molar-refractivity contribution in [3.63, 3.8) is 0 Å². The van der Waals surface area contributed by atoms with Crippen LogP contribution in [0.2, 0.25) is 0 Å². The van der Waals surface area contributed by atoms with Gasteiger partial charge in [0, 0.05) is 18.7 Å². The Bertz CT molecular complexity index is 924. The molecule has 1 aliphatic rings. The third-order valence-electron chi connectivity index (χ3n) is 6.11. The van der Waals surface area contributed by atoms with E-state index < -0.39 is 0 Å². The summed E-state index contributed by atoms with van der Waals surface area (Å²) in [7, 11) is 0. The monoisotopic (exact) mass is 384 g/mol. The van der Waals surface area contributed by atoms with Crippen molar-refractivity contribution in [1.82, 2.24) is 9.88 Å². The van der Waals surface area contributed by atoms with Gasteiger partial charge in [0.15, 0.2) is 0 Å². The van der Waals surface area contributed by atoms with E-state index >= 15 is 0 Å². The van der Waals surface area contributed by atoms with Gasteiger partial charge in [-0.05, 0) is 68.5 Å². The minimum Gasteiger partial charge on any atom is -0.396 e. The average molecular weight is 385 g/mol. The number of amides is 1. The third-order valence-corrected chi connectivity index (χ3v) is 6.11. The predicted molar refractivity (Wildman–Crippen MR) is 113 cm³/mol. The zero-order valence-corrected chi connectivity index (χ0v) is 17.3. The average Bonchev–Trinajstić information content (AvgIpc) is 3.11. The molecular formula is C23H32N2O3. The van der Waals surface area contributed by atoms with Gasteiger partial charge in [-0.1, -0.05) is 31.9 Å². The first-order valence-electron chi connectivity index (χ1n) is 10.6. The molecule has 152 valence electrons. The fourth-order valence-electron chi connectivity index (χ4n) is 4.55. The standard InChI is InChI=1S/C23H32N2O3/c1-4-16-10-11-17-15-19(21(27)24-23(3)12-6-7-13-23)22(28)25(5-2)20(17)18(16)9-8-14-26/h10-11,15,26H,4-9,12-14H2,1-3H3,(H,24,27). The Morgan fingerprint density at radius 3 is 2.57 bits per heavy atom. The van der Waals surface area contributed by atoms with Crippen LogP contribution in [-0.4, -0.2) is 27.7 Å². The predicted octanol–water partition coefficient (Wildman–Crippen LogP) is 3.57. The van der Waals surface area contributed by atoms with E-state index in [0.29, 0.717) is 13.0 Å². The Balaban J connectivity index is 2.13. The summed E-state index contributed by atoms with van der Waals surface area (Å²) in [6.45, 7) is 6.73. The van der Waals surface area contributed by atoms with E-state index in [4.69, 9.17) is 0 Å². The van der Waals surface area contributed by atoms with Crippen LogP contribution in [0.4, 0.5) is 0 Å². The van der Waals surface area contributed by atoms with E-state index in [1.807, 2.05) is 13.0 Å². The van der Waals surface area contributed by atoms with Gasteiger partial charge in [0.2, 0.25) is 0 Å². The van der Waals surface area contributed by atoms with Gasteiger partial charge in [0.05, 0.1) is 5.52 Å². The number of hydrogen-bond acceptors (Lipinski definition) is 3. The number of hydrogen-bond donors (Lipinski definition) is 2. The molecule has 2 N–H and O–H groups in total. The zero-order chi connectivity index (χ0) is 20.3. The van der Waals surface area contributed by atoms with Crippen LogP contribution >= 0.6 is 0 Å². The summed E-state index contributed by atoms with van der Waals surface area (Å²) in [4.78, 5) is 26.2. The Morgan fingerprint density at radius 2 is 1.96 bits per heavy atom. The zero-order valence-electron chi connectivity index (χ0n) is 17.3. The molecule has 0 saturated heterocycles. The van der Waals surface area contributed by atoms with E-state index in [-0.39, 0.29) is 29.2 Å². The highest BCUT2D eigenvalue weighted by molar-refractivity contribution is 5.98. The van der Waals surface area contributed by atoms with Crippen LogP contribution in [0.1, 0.15) is 74.4 Å². The van der Waals surface area contributed by atoms with Crippen LogP contribution in [0.3, 0.4) is 0 Å². The van der Waals surface area contributed by atoms with Crippen molar-refractivity contribution in [3.05, 3.63) is 45.2 Å². The molecule has 28 heavy (non-hydrogen) atoms. The quantitative estimate of drug-likeness (QED) is 0.767. The molecule has 0 radical (unpaired) electrons. The van der Waals surface area contributed by atoms with E-state index in [9.17, 15) is 14.7 Å². The number of fused-ring (bicyclic) bond motifs is 1. The Labute approximate surface area is 166 Å². The molecule has 0 atom stereocenters. The second kappa shape index (κ2) is 8.48. The largest absolute Gasteiger partial charge is 0.396 e. The molecule has 1 heterocycles. The molecular weight excluding hydrogens is 352 g/mol. The topological polar surface area (TPSA) is 71.3 Å². The van der Waals surface area contributed by atoms with Crippen molar-refractivity contribution in [1.29, 1.82) is 0 Å². The molecule has 1 fully saturated rings. The number of pyridine rings is 1. The fourth-order valence-corrected chi connectivity index (χ4v) is 4.55. The third kappa shape index (κ3) is 3.86. The van der Waals surface area contributed by atoms with Crippen molar-refractivity contribution in [2.45, 2.75) is 77.8 Å². The van der Waals surface area contributed by atoms with Crippen LogP contribution in [0.25, 0.3) is 10.9 Å². The summed E-state index contributed by atoms with van der Waals surface area (Å²) in [5, 5.41) is 13.3. The number of aliphatic hydroxyl groups is 1. The Hall–Kier alpha value is -2.14. The molecule has 0 spiro atoms. The number of aliphatic hydroxyl groups excluding tert-OH is 1. The van der Waals surface area contributed by atoms with Gasteiger partial charge in [-0.2, -0.15) is 0 Å². The van der Waals surface area contributed by atoms with Crippen LogP contribution in [0.15, 0.2) is 23.0 Å². The maximum atomic E-state index is 13.2. The van der Waals surface area contributed by atoms with Gasteiger partial charge < -0.3 is 15.0 Å². The van der Waals surface area contributed by atoms with Crippen molar-refractivity contribution in [2.75, 3.05) is 6.61 Å². The van der Waals surface area contributed by atoms with Crippen LogP contribution in [0.5, 0.6) is 0 Å². The highest BCUT2D eigenvalue weighted by atomic mass is 16.3. The first-order valence-corrected chi connectivity index (χ1v) is 10.6. The van der Waals surface area contributed by atoms with Gasteiger partial charge in [-0.3, -0.25) is 9.59 Å². The number of benzene rings is 1. The summed E-state index contributed by atoms with van der Waals surface area (Å²) in [5.74, 6) is -0.269. The highest BCUT2D eigenvalue weighted by Gasteiger charge is 2.31. The molecule has 1 aliphatic carbocycles. The smallest absolute Gasteiger partial charge is 0.263 e. The highest BCUT2D eigenvalue weighted by Crippen LogP contribution is 2.29. The maximum Gasteiger partial charge on any atom is 0.263 e. The molecule has 1 amide bonds. The van der Waals surface area contributed by atoms with Crippen LogP contribution in [0, 0.1) is 0 Å². The summed E-state index contributed by atoms with van der Waals surface area (Å²) < 4.78 is 1.73.